The number of halogens is 1. The Labute approximate surface area is 137 Å². The fourth-order valence-corrected chi connectivity index (χ4v) is 2.58. The number of pyridine rings is 1. The third-order valence-corrected chi connectivity index (χ3v) is 3.72. The highest BCUT2D eigenvalue weighted by molar-refractivity contribution is 6.31. The van der Waals surface area contributed by atoms with Crippen LogP contribution in [0.4, 0.5) is 0 Å². The largest absolute Gasteiger partial charge is 0.437 e. The summed E-state index contributed by atoms with van der Waals surface area (Å²) in [5.74, 6) is -0.266. The Morgan fingerprint density at radius 2 is 2.00 bits per heavy atom. The van der Waals surface area contributed by atoms with Crippen molar-refractivity contribution in [2.45, 2.75) is 26.8 Å². The third kappa shape index (κ3) is 2.80. The van der Waals surface area contributed by atoms with Crippen LogP contribution >= 0.6 is 11.6 Å². The van der Waals surface area contributed by atoms with Crippen LogP contribution in [0, 0.1) is 6.92 Å². The SMILES string of the molecule is Cc1nc2oc3ccc(Cl)cc3c(=O)c2cc1C(=O)NC(C)C. The maximum atomic E-state index is 12.7. The van der Waals surface area contributed by atoms with Crippen LogP contribution in [0.2, 0.25) is 5.02 Å². The van der Waals surface area contributed by atoms with Gasteiger partial charge in [-0.15, -0.1) is 0 Å². The summed E-state index contributed by atoms with van der Waals surface area (Å²) in [5.41, 5.74) is 1.24. The number of hydrogen-bond acceptors (Lipinski definition) is 4. The molecule has 6 heteroatoms. The zero-order valence-electron chi connectivity index (χ0n) is 12.9. The number of rotatable bonds is 2. The number of amides is 1. The van der Waals surface area contributed by atoms with Gasteiger partial charge in [-0.25, -0.2) is 4.98 Å². The number of aromatic nitrogens is 1. The molecule has 1 N–H and O–H groups in total. The summed E-state index contributed by atoms with van der Waals surface area (Å²) in [6, 6.07) is 6.35. The maximum Gasteiger partial charge on any atom is 0.253 e. The molecule has 5 nitrogen and oxygen atoms in total. The predicted octanol–water partition coefficient (Wildman–Crippen LogP) is 3.44. The summed E-state index contributed by atoms with van der Waals surface area (Å²) in [4.78, 5) is 29.2. The number of nitrogens with zero attached hydrogens (tertiary/aromatic N) is 1. The Morgan fingerprint density at radius 1 is 1.26 bits per heavy atom. The molecule has 23 heavy (non-hydrogen) atoms. The molecule has 2 aromatic heterocycles. The summed E-state index contributed by atoms with van der Waals surface area (Å²) in [7, 11) is 0. The predicted molar refractivity (Wildman–Crippen MR) is 90.1 cm³/mol. The monoisotopic (exact) mass is 330 g/mol. The Morgan fingerprint density at radius 3 is 2.70 bits per heavy atom. The molecule has 0 radical (unpaired) electrons. The van der Waals surface area contributed by atoms with Crippen LogP contribution in [0.5, 0.6) is 0 Å². The molecule has 1 aromatic carbocycles. The molecular weight excluding hydrogens is 316 g/mol. The molecule has 3 aromatic rings. The highest BCUT2D eigenvalue weighted by Gasteiger charge is 2.16. The van der Waals surface area contributed by atoms with Gasteiger partial charge in [0.05, 0.1) is 22.0 Å². The zero-order chi connectivity index (χ0) is 16.7. The summed E-state index contributed by atoms with van der Waals surface area (Å²) in [5, 5.41) is 3.87. The molecule has 3 rings (SSSR count). The van der Waals surface area contributed by atoms with Gasteiger partial charge >= 0.3 is 0 Å². The molecule has 0 aliphatic heterocycles. The first kappa shape index (κ1) is 15.5. The van der Waals surface area contributed by atoms with Crippen molar-refractivity contribution in [2.75, 3.05) is 0 Å². The average molecular weight is 331 g/mol. The van der Waals surface area contributed by atoms with Crippen LogP contribution in [-0.4, -0.2) is 16.9 Å². The first-order valence-corrected chi connectivity index (χ1v) is 7.59. The van der Waals surface area contributed by atoms with E-state index in [9.17, 15) is 9.59 Å². The van der Waals surface area contributed by atoms with Gasteiger partial charge in [0.1, 0.15) is 5.58 Å². The molecule has 0 unspecified atom stereocenters. The number of hydrogen-bond donors (Lipinski definition) is 1. The van der Waals surface area contributed by atoms with Crippen molar-refractivity contribution in [3.63, 3.8) is 0 Å². The highest BCUT2D eigenvalue weighted by atomic mass is 35.5. The lowest BCUT2D eigenvalue weighted by Gasteiger charge is -2.10. The van der Waals surface area contributed by atoms with E-state index in [0.717, 1.165) is 0 Å². The van der Waals surface area contributed by atoms with Gasteiger partial charge in [-0.1, -0.05) is 11.6 Å². The number of benzene rings is 1. The van der Waals surface area contributed by atoms with Crippen LogP contribution in [0.25, 0.3) is 22.1 Å². The van der Waals surface area contributed by atoms with Crippen molar-refractivity contribution >= 4 is 39.6 Å². The standard InChI is InChI=1S/C17H15ClN2O3/c1-8(2)19-16(22)11-7-13-15(21)12-6-10(18)4-5-14(12)23-17(13)20-9(11)3/h4-8H,1-3H3,(H,19,22). The third-order valence-electron chi connectivity index (χ3n) is 3.48. The van der Waals surface area contributed by atoms with Gasteiger partial charge in [0, 0.05) is 11.1 Å². The van der Waals surface area contributed by atoms with E-state index in [1.165, 1.54) is 6.07 Å². The van der Waals surface area contributed by atoms with Crippen molar-refractivity contribution < 1.29 is 9.21 Å². The lowest BCUT2D eigenvalue weighted by molar-refractivity contribution is 0.0942. The molecular formula is C17H15ClN2O3. The molecule has 0 spiro atoms. The van der Waals surface area contributed by atoms with Gasteiger partial charge in [-0.2, -0.15) is 0 Å². The van der Waals surface area contributed by atoms with E-state index in [-0.39, 0.29) is 28.5 Å². The van der Waals surface area contributed by atoms with Crippen LogP contribution in [-0.2, 0) is 0 Å². The van der Waals surface area contributed by atoms with E-state index in [2.05, 4.69) is 10.3 Å². The van der Waals surface area contributed by atoms with Crippen LogP contribution < -0.4 is 10.7 Å². The number of fused-ring (bicyclic) bond motifs is 2. The van der Waals surface area contributed by atoms with Gasteiger partial charge in [0.25, 0.3) is 5.91 Å². The van der Waals surface area contributed by atoms with Gasteiger partial charge in [-0.3, -0.25) is 9.59 Å². The van der Waals surface area contributed by atoms with Crippen molar-refractivity contribution in [1.82, 2.24) is 10.3 Å². The van der Waals surface area contributed by atoms with E-state index in [1.54, 1.807) is 25.1 Å². The zero-order valence-corrected chi connectivity index (χ0v) is 13.7. The normalized spacial score (nSPS) is 11.3. The summed E-state index contributed by atoms with van der Waals surface area (Å²) >= 11 is 5.95. The van der Waals surface area contributed by atoms with Crippen LogP contribution in [0.3, 0.4) is 0 Å². The van der Waals surface area contributed by atoms with E-state index in [4.69, 9.17) is 16.0 Å². The molecule has 118 valence electrons. The molecule has 2 heterocycles. The molecule has 0 saturated heterocycles. The van der Waals surface area contributed by atoms with E-state index < -0.39 is 0 Å². The lowest BCUT2D eigenvalue weighted by Crippen LogP contribution is -2.31. The Kier molecular flexibility index (Phi) is 3.82. The second-order valence-corrected chi connectivity index (χ2v) is 6.11. The Hall–Kier alpha value is -2.40. The first-order valence-electron chi connectivity index (χ1n) is 7.21. The van der Waals surface area contributed by atoms with Crippen molar-refractivity contribution in [3.8, 4) is 0 Å². The fourth-order valence-electron chi connectivity index (χ4n) is 2.41. The molecule has 1 amide bonds. The minimum atomic E-state index is -0.266. The van der Waals surface area contributed by atoms with Crippen molar-refractivity contribution in [2.24, 2.45) is 0 Å². The number of nitrogens with one attached hydrogen (secondary N) is 1. The van der Waals surface area contributed by atoms with Gasteiger partial charge in [0.2, 0.25) is 11.1 Å². The lowest BCUT2D eigenvalue weighted by atomic mass is 10.1. The van der Waals surface area contributed by atoms with Crippen LogP contribution in [0.15, 0.2) is 33.5 Å². The molecule has 0 saturated carbocycles. The van der Waals surface area contributed by atoms with Gasteiger partial charge in [-0.05, 0) is 45.0 Å². The van der Waals surface area contributed by atoms with E-state index in [1.807, 2.05) is 13.8 Å². The highest BCUT2D eigenvalue weighted by Crippen LogP contribution is 2.22. The number of aryl methyl sites for hydroxylation is 1. The quantitative estimate of drug-likeness (QED) is 0.730. The topological polar surface area (TPSA) is 72.2 Å². The number of carbonyl (C=O) groups excluding carboxylic acids is 1. The van der Waals surface area contributed by atoms with Gasteiger partial charge in [0.15, 0.2) is 0 Å². The second kappa shape index (κ2) is 5.66. The van der Waals surface area contributed by atoms with Crippen molar-refractivity contribution in [3.05, 3.63) is 50.8 Å². The maximum absolute atomic E-state index is 12.7. The molecule has 0 aliphatic carbocycles. The Balaban J connectivity index is 2.29. The smallest absolute Gasteiger partial charge is 0.253 e. The summed E-state index contributed by atoms with van der Waals surface area (Å²) in [6.07, 6.45) is 0. The minimum Gasteiger partial charge on any atom is -0.437 e. The van der Waals surface area contributed by atoms with Crippen LogP contribution in [0.1, 0.15) is 29.9 Å². The summed E-state index contributed by atoms with van der Waals surface area (Å²) < 4.78 is 5.68. The second-order valence-electron chi connectivity index (χ2n) is 5.67. The molecule has 0 bridgehead atoms. The minimum absolute atomic E-state index is 0.00980. The molecule has 0 aliphatic rings. The van der Waals surface area contributed by atoms with E-state index in [0.29, 0.717) is 27.2 Å². The average Bonchev–Trinajstić information content (AvgIpc) is 2.47. The summed E-state index contributed by atoms with van der Waals surface area (Å²) in [6.45, 7) is 5.44. The molecule has 0 fully saturated rings. The first-order chi connectivity index (χ1) is 10.9. The van der Waals surface area contributed by atoms with E-state index >= 15 is 0 Å². The molecule has 0 atom stereocenters. The Bertz CT molecular complexity index is 992. The van der Waals surface area contributed by atoms with Crippen molar-refractivity contribution in [1.29, 1.82) is 0 Å². The number of carbonyl (C=O) groups is 1. The fraction of sp³-hybridized carbons (Fsp3) is 0.235. The van der Waals surface area contributed by atoms with Gasteiger partial charge < -0.3 is 9.73 Å².